The molecule has 5 nitrogen and oxygen atoms in total. The van der Waals surface area contributed by atoms with Crippen LogP contribution in [0.3, 0.4) is 0 Å². The van der Waals surface area contributed by atoms with Gasteiger partial charge in [0.2, 0.25) is 5.91 Å². The third-order valence-corrected chi connectivity index (χ3v) is 4.52. The van der Waals surface area contributed by atoms with Crippen LogP contribution in [0.2, 0.25) is 0 Å². The summed E-state index contributed by atoms with van der Waals surface area (Å²) in [5.74, 6) is 0.979. The molecule has 1 aromatic rings. The van der Waals surface area contributed by atoms with Gasteiger partial charge >= 0.3 is 0 Å². The largest absolute Gasteiger partial charge is 0.496 e. The molecule has 0 bridgehead atoms. The van der Waals surface area contributed by atoms with Crippen molar-refractivity contribution in [1.82, 2.24) is 4.90 Å². The van der Waals surface area contributed by atoms with Crippen LogP contribution in [0.1, 0.15) is 24.0 Å². The predicted octanol–water partition coefficient (Wildman–Crippen LogP) is 1.72. The summed E-state index contributed by atoms with van der Waals surface area (Å²) >= 11 is 0. The van der Waals surface area contributed by atoms with Crippen LogP contribution >= 0.6 is 0 Å². The van der Waals surface area contributed by atoms with Crippen molar-refractivity contribution in [3.8, 4) is 5.75 Å². The van der Waals surface area contributed by atoms with Gasteiger partial charge in [0.25, 0.3) is 0 Å². The Balaban J connectivity index is 2.09. The number of aryl methyl sites for hydroxylation is 1. The SMILES string of the molecule is COc1ccc(CN(C)C(=O)C2(CN)CCOCC2)cc1C. The van der Waals surface area contributed by atoms with Crippen molar-refractivity contribution in [1.29, 1.82) is 0 Å². The van der Waals surface area contributed by atoms with Crippen molar-refractivity contribution in [2.24, 2.45) is 11.1 Å². The van der Waals surface area contributed by atoms with Crippen molar-refractivity contribution in [2.75, 3.05) is 33.9 Å². The fraction of sp³-hybridized carbons (Fsp3) is 0.588. The maximum atomic E-state index is 12.8. The van der Waals surface area contributed by atoms with Crippen LogP contribution in [-0.2, 0) is 16.1 Å². The van der Waals surface area contributed by atoms with E-state index in [1.54, 1.807) is 12.0 Å². The molecule has 22 heavy (non-hydrogen) atoms. The van der Waals surface area contributed by atoms with Crippen molar-refractivity contribution in [3.05, 3.63) is 29.3 Å². The second-order valence-corrected chi connectivity index (χ2v) is 6.06. The van der Waals surface area contributed by atoms with Crippen molar-refractivity contribution in [3.63, 3.8) is 0 Å². The van der Waals surface area contributed by atoms with Crippen LogP contribution in [0.25, 0.3) is 0 Å². The number of ether oxygens (including phenoxy) is 2. The molecular formula is C17H26N2O3. The normalized spacial score (nSPS) is 17.1. The molecule has 0 unspecified atom stereocenters. The molecular weight excluding hydrogens is 280 g/mol. The molecule has 5 heteroatoms. The first-order valence-corrected chi connectivity index (χ1v) is 7.69. The number of carbonyl (C=O) groups is 1. The van der Waals surface area contributed by atoms with Gasteiger partial charge in [-0.25, -0.2) is 0 Å². The molecule has 0 saturated carbocycles. The number of rotatable bonds is 5. The van der Waals surface area contributed by atoms with Gasteiger partial charge in [-0.15, -0.1) is 0 Å². The Morgan fingerprint density at radius 1 is 1.41 bits per heavy atom. The standard InChI is InChI=1S/C17H26N2O3/c1-13-10-14(4-5-15(13)21-3)11-19(2)16(20)17(12-18)6-8-22-9-7-17/h4-5,10H,6-9,11-12,18H2,1-3H3. The topological polar surface area (TPSA) is 64.8 Å². The van der Waals surface area contributed by atoms with E-state index < -0.39 is 5.41 Å². The second kappa shape index (κ2) is 7.11. The van der Waals surface area contributed by atoms with Crippen LogP contribution in [-0.4, -0.2) is 44.7 Å². The van der Waals surface area contributed by atoms with Crippen molar-refractivity contribution < 1.29 is 14.3 Å². The number of nitrogens with zero attached hydrogens (tertiary/aromatic N) is 1. The molecule has 1 aliphatic heterocycles. The van der Waals surface area contributed by atoms with Gasteiger partial charge in [0.05, 0.1) is 12.5 Å². The Bertz CT molecular complexity index is 525. The summed E-state index contributed by atoms with van der Waals surface area (Å²) in [6.45, 7) is 4.17. The zero-order valence-electron chi connectivity index (χ0n) is 13.7. The fourth-order valence-electron chi connectivity index (χ4n) is 3.06. The minimum absolute atomic E-state index is 0.117. The lowest BCUT2D eigenvalue weighted by molar-refractivity contribution is -0.146. The van der Waals surface area contributed by atoms with Gasteiger partial charge in [0.1, 0.15) is 5.75 Å². The van der Waals surface area contributed by atoms with Crippen molar-refractivity contribution >= 4 is 5.91 Å². The third-order valence-electron chi connectivity index (χ3n) is 4.52. The highest BCUT2D eigenvalue weighted by Gasteiger charge is 2.40. The van der Waals surface area contributed by atoms with E-state index in [9.17, 15) is 4.79 Å². The average molecular weight is 306 g/mol. The molecule has 0 atom stereocenters. The minimum Gasteiger partial charge on any atom is -0.496 e. The van der Waals surface area contributed by atoms with E-state index in [4.69, 9.17) is 15.2 Å². The Morgan fingerprint density at radius 2 is 2.09 bits per heavy atom. The first-order valence-electron chi connectivity index (χ1n) is 7.69. The Morgan fingerprint density at radius 3 is 2.64 bits per heavy atom. The molecule has 2 N–H and O–H groups in total. The smallest absolute Gasteiger partial charge is 0.230 e. The molecule has 122 valence electrons. The maximum absolute atomic E-state index is 12.8. The second-order valence-electron chi connectivity index (χ2n) is 6.06. The number of hydrogen-bond acceptors (Lipinski definition) is 4. The summed E-state index contributed by atoms with van der Waals surface area (Å²) in [5, 5.41) is 0. The summed E-state index contributed by atoms with van der Waals surface area (Å²) in [6, 6.07) is 5.99. The van der Waals surface area contributed by atoms with Crippen molar-refractivity contribution in [2.45, 2.75) is 26.3 Å². The molecule has 1 saturated heterocycles. The van der Waals surface area contributed by atoms with Crippen LogP contribution in [0.5, 0.6) is 5.75 Å². The van der Waals surface area contributed by atoms with Gasteiger partial charge in [0, 0.05) is 33.4 Å². The number of methoxy groups -OCH3 is 1. The monoisotopic (exact) mass is 306 g/mol. The molecule has 0 aliphatic carbocycles. The van der Waals surface area contributed by atoms with Gasteiger partial charge in [0.15, 0.2) is 0 Å². The van der Waals surface area contributed by atoms with Gasteiger partial charge in [-0.1, -0.05) is 12.1 Å². The number of hydrogen-bond donors (Lipinski definition) is 1. The highest BCUT2D eigenvalue weighted by molar-refractivity contribution is 5.83. The summed E-state index contributed by atoms with van der Waals surface area (Å²) in [5.41, 5.74) is 7.61. The third kappa shape index (κ3) is 3.42. The van der Waals surface area contributed by atoms with Gasteiger partial charge in [-0.2, -0.15) is 0 Å². The van der Waals surface area contributed by atoms with E-state index in [-0.39, 0.29) is 5.91 Å². The Hall–Kier alpha value is -1.59. The molecule has 0 aromatic heterocycles. The quantitative estimate of drug-likeness (QED) is 0.899. The Labute approximate surface area is 132 Å². The highest BCUT2D eigenvalue weighted by atomic mass is 16.5. The molecule has 0 spiro atoms. The predicted molar refractivity (Wildman–Crippen MR) is 85.7 cm³/mol. The lowest BCUT2D eigenvalue weighted by Gasteiger charge is -2.37. The lowest BCUT2D eigenvalue weighted by atomic mass is 9.79. The number of amides is 1. The molecule has 1 aliphatic rings. The van der Waals surface area contributed by atoms with Crippen LogP contribution in [0.15, 0.2) is 18.2 Å². The lowest BCUT2D eigenvalue weighted by Crippen LogP contribution is -2.49. The summed E-state index contributed by atoms with van der Waals surface area (Å²) in [7, 11) is 3.50. The molecule has 0 radical (unpaired) electrons. The minimum atomic E-state index is -0.464. The fourth-order valence-corrected chi connectivity index (χ4v) is 3.06. The van der Waals surface area contributed by atoms with E-state index in [0.717, 1.165) is 16.9 Å². The highest BCUT2D eigenvalue weighted by Crippen LogP contribution is 2.32. The number of nitrogens with two attached hydrogens (primary N) is 1. The Kier molecular flexibility index (Phi) is 5.42. The zero-order chi connectivity index (χ0) is 16.2. The molecule has 2 rings (SSSR count). The summed E-state index contributed by atoms with van der Waals surface area (Å²) < 4.78 is 10.6. The number of benzene rings is 1. The van der Waals surface area contributed by atoms with Crippen LogP contribution in [0.4, 0.5) is 0 Å². The molecule has 1 amide bonds. The van der Waals surface area contributed by atoms with Crippen LogP contribution < -0.4 is 10.5 Å². The van der Waals surface area contributed by atoms with E-state index in [1.165, 1.54) is 0 Å². The molecule has 1 aromatic carbocycles. The average Bonchev–Trinajstić information content (AvgIpc) is 2.55. The number of carbonyl (C=O) groups excluding carboxylic acids is 1. The first kappa shape index (κ1) is 16.8. The maximum Gasteiger partial charge on any atom is 0.230 e. The van der Waals surface area contributed by atoms with Gasteiger partial charge in [-0.3, -0.25) is 4.79 Å². The van der Waals surface area contributed by atoms with E-state index >= 15 is 0 Å². The molecule has 1 fully saturated rings. The van der Waals surface area contributed by atoms with Crippen LogP contribution in [0, 0.1) is 12.3 Å². The van der Waals surface area contributed by atoms with E-state index in [0.29, 0.717) is 39.1 Å². The van der Waals surface area contributed by atoms with E-state index in [2.05, 4.69) is 6.07 Å². The summed E-state index contributed by atoms with van der Waals surface area (Å²) in [4.78, 5) is 14.6. The zero-order valence-corrected chi connectivity index (χ0v) is 13.7. The molecule has 1 heterocycles. The van der Waals surface area contributed by atoms with E-state index in [1.807, 2.05) is 26.1 Å². The summed E-state index contributed by atoms with van der Waals surface area (Å²) in [6.07, 6.45) is 1.41. The van der Waals surface area contributed by atoms with Gasteiger partial charge in [-0.05, 0) is 37.0 Å². The first-order chi connectivity index (χ1) is 10.5. The van der Waals surface area contributed by atoms with Gasteiger partial charge < -0.3 is 20.1 Å².